The van der Waals surface area contributed by atoms with E-state index in [1.54, 1.807) is 0 Å². The molecule has 0 spiro atoms. The number of aliphatic hydroxyl groups is 1. The van der Waals surface area contributed by atoms with Crippen molar-refractivity contribution in [1.82, 2.24) is 0 Å². The summed E-state index contributed by atoms with van der Waals surface area (Å²) in [7, 11) is 0. The van der Waals surface area contributed by atoms with Gasteiger partial charge >= 0.3 is 0 Å². The first-order valence-corrected chi connectivity index (χ1v) is 6.39. The monoisotopic (exact) mass is 300 g/mol. The molecule has 0 aromatic heterocycles. The minimum absolute atomic E-state index is 0.00869. The van der Waals surface area contributed by atoms with Crippen molar-refractivity contribution in [3.63, 3.8) is 0 Å². The molecule has 1 unspecified atom stereocenters. The molecule has 0 radical (unpaired) electrons. The van der Waals surface area contributed by atoms with Crippen LogP contribution in [0.2, 0.25) is 0 Å². The molecule has 0 aliphatic heterocycles. The van der Waals surface area contributed by atoms with Crippen LogP contribution in [0, 0.1) is 0 Å². The topological polar surface area (TPSA) is 46.5 Å². The van der Waals surface area contributed by atoms with Crippen LogP contribution in [-0.2, 0) is 16.0 Å². The highest BCUT2D eigenvalue weighted by Gasteiger charge is 2.10. The van der Waals surface area contributed by atoms with Crippen LogP contribution in [0.1, 0.15) is 18.9 Å². The molecule has 0 saturated carbocycles. The lowest BCUT2D eigenvalue weighted by molar-refractivity contribution is -0.121. The van der Waals surface area contributed by atoms with Crippen LogP contribution in [0.15, 0.2) is 28.7 Å². The van der Waals surface area contributed by atoms with E-state index in [1.807, 2.05) is 31.2 Å². The number of hydrogen-bond acceptors (Lipinski definition) is 3. The van der Waals surface area contributed by atoms with E-state index in [9.17, 15) is 4.79 Å². The minimum atomic E-state index is -0.134. The second-order valence-electron chi connectivity index (χ2n) is 3.95. The van der Waals surface area contributed by atoms with E-state index in [4.69, 9.17) is 9.84 Å². The summed E-state index contributed by atoms with van der Waals surface area (Å²) >= 11 is 3.35. The normalized spacial score (nSPS) is 12.4. The second-order valence-corrected chi connectivity index (χ2v) is 4.87. The van der Waals surface area contributed by atoms with E-state index in [-0.39, 0.29) is 25.1 Å². The molecule has 17 heavy (non-hydrogen) atoms. The largest absolute Gasteiger partial charge is 0.394 e. The number of aliphatic hydroxyl groups excluding tert-OH is 1. The Hall–Kier alpha value is -0.710. The second kappa shape index (κ2) is 7.58. The maximum absolute atomic E-state index is 11.7. The van der Waals surface area contributed by atoms with Gasteiger partial charge in [-0.2, -0.15) is 0 Å². The number of carbonyl (C=O) groups excluding carboxylic acids is 1. The summed E-state index contributed by atoms with van der Waals surface area (Å²) in [5, 5.41) is 8.60. The Balaban J connectivity index is 2.36. The van der Waals surface area contributed by atoms with E-state index in [0.717, 1.165) is 10.0 Å². The molecule has 94 valence electrons. The molecule has 3 nitrogen and oxygen atoms in total. The molecule has 0 aliphatic rings. The summed E-state index contributed by atoms with van der Waals surface area (Å²) < 4.78 is 6.25. The first-order valence-electron chi connectivity index (χ1n) is 5.60. The van der Waals surface area contributed by atoms with Crippen molar-refractivity contribution in [3.8, 4) is 0 Å². The van der Waals surface area contributed by atoms with Gasteiger partial charge in [-0.05, 0) is 24.6 Å². The highest BCUT2D eigenvalue weighted by Crippen LogP contribution is 2.12. The zero-order valence-electron chi connectivity index (χ0n) is 9.86. The van der Waals surface area contributed by atoms with Crippen molar-refractivity contribution in [1.29, 1.82) is 0 Å². The smallest absolute Gasteiger partial charge is 0.139 e. The molecule has 4 heteroatoms. The van der Waals surface area contributed by atoms with Crippen LogP contribution >= 0.6 is 15.9 Å². The van der Waals surface area contributed by atoms with Crippen LogP contribution in [0.4, 0.5) is 0 Å². The van der Waals surface area contributed by atoms with Crippen molar-refractivity contribution in [3.05, 3.63) is 34.3 Å². The summed E-state index contributed by atoms with van der Waals surface area (Å²) in [6.07, 6.45) is 0.681. The minimum Gasteiger partial charge on any atom is -0.394 e. The van der Waals surface area contributed by atoms with E-state index in [2.05, 4.69) is 15.9 Å². The SMILES string of the molecule is CC(CC(=O)Cc1ccc(Br)cc1)OCCO. The van der Waals surface area contributed by atoms with Gasteiger partial charge in [0.15, 0.2) is 0 Å². The predicted octanol–water partition coefficient (Wildman–Crippen LogP) is 2.35. The maximum Gasteiger partial charge on any atom is 0.139 e. The number of Topliss-reactive ketones (excluding diaryl/α,β-unsaturated/α-hetero) is 1. The molecular weight excluding hydrogens is 284 g/mol. The molecular formula is C13H17BrO3. The summed E-state index contributed by atoms with van der Waals surface area (Å²) in [6, 6.07) is 7.71. The average Bonchev–Trinajstić information content (AvgIpc) is 2.29. The Morgan fingerprint density at radius 2 is 2.06 bits per heavy atom. The van der Waals surface area contributed by atoms with Crippen LogP contribution in [0.3, 0.4) is 0 Å². The van der Waals surface area contributed by atoms with E-state index < -0.39 is 0 Å². The molecule has 1 rings (SSSR count). The first-order chi connectivity index (χ1) is 8.11. The fourth-order valence-corrected chi connectivity index (χ4v) is 1.80. The Kier molecular flexibility index (Phi) is 6.40. The fourth-order valence-electron chi connectivity index (χ4n) is 1.54. The first kappa shape index (κ1) is 14.4. The number of carbonyl (C=O) groups is 1. The third kappa shape index (κ3) is 5.96. The highest BCUT2D eigenvalue weighted by atomic mass is 79.9. The maximum atomic E-state index is 11.7. The zero-order chi connectivity index (χ0) is 12.7. The molecule has 0 aliphatic carbocycles. The van der Waals surface area contributed by atoms with Gasteiger partial charge in [-0.25, -0.2) is 0 Å². The average molecular weight is 301 g/mol. The third-order valence-electron chi connectivity index (χ3n) is 2.32. The molecule has 0 heterocycles. The van der Waals surface area contributed by atoms with Gasteiger partial charge in [-0.1, -0.05) is 28.1 Å². The van der Waals surface area contributed by atoms with Crippen molar-refractivity contribution in [2.24, 2.45) is 0 Å². The Labute approximate surface area is 110 Å². The Morgan fingerprint density at radius 1 is 1.41 bits per heavy atom. The van der Waals surface area contributed by atoms with Crippen molar-refractivity contribution < 1.29 is 14.6 Å². The number of halogens is 1. The van der Waals surface area contributed by atoms with Gasteiger partial charge in [0.2, 0.25) is 0 Å². The number of rotatable bonds is 7. The number of hydrogen-bond donors (Lipinski definition) is 1. The standard InChI is InChI=1S/C13H17BrO3/c1-10(17-7-6-15)8-13(16)9-11-2-4-12(14)5-3-11/h2-5,10,15H,6-9H2,1H3. The van der Waals surface area contributed by atoms with Crippen LogP contribution < -0.4 is 0 Å². The van der Waals surface area contributed by atoms with E-state index >= 15 is 0 Å². The molecule has 0 saturated heterocycles. The van der Waals surface area contributed by atoms with Crippen molar-refractivity contribution in [2.45, 2.75) is 25.9 Å². The highest BCUT2D eigenvalue weighted by molar-refractivity contribution is 9.10. The van der Waals surface area contributed by atoms with Gasteiger partial charge < -0.3 is 9.84 Å². The summed E-state index contributed by atoms with van der Waals surface area (Å²) in [5.41, 5.74) is 1.01. The van der Waals surface area contributed by atoms with Crippen LogP contribution in [0.5, 0.6) is 0 Å². The van der Waals surface area contributed by atoms with Gasteiger partial charge in [-0.15, -0.1) is 0 Å². The molecule has 0 fully saturated rings. The van der Waals surface area contributed by atoms with E-state index in [0.29, 0.717) is 12.8 Å². The van der Waals surface area contributed by atoms with Gasteiger partial charge in [0, 0.05) is 17.3 Å². The molecule has 1 aromatic carbocycles. The molecule has 1 atom stereocenters. The van der Waals surface area contributed by atoms with Gasteiger partial charge in [-0.3, -0.25) is 4.79 Å². The van der Waals surface area contributed by atoms with Crippen LogP contribution in [0.25, 0.3) is 0 Å². The quantitative estimate of drug-likeness (QED) is 0.841. The lowest BCUT2D eigenvalue weighted by atomic mass is 10.1. The summed E-state index contributed by atoms with van der Waals surface area (Å²) in [5.74, 6) is 0.151. The lowest BCUT2D eigenvalue weighted by Crippen LogP contribution is -2.17. The number of benzene rings is 1. The van der Waals surface area contributed by atoms with Gasteiger partial charge in [0.1, 0.15) is 5.78 Å². The van der Waals surface area contributed by atoms with Crippen molar-refractivity contribution in [2.75, 3.05) is 13.2 Å². The van der Waals surface area contributed by atoms with Crippen LogP contribution in [-0.4, -0.2) is 30.2 Å². The van der Waals surface area contributed by atoms with Crippen molar-refractivity contribution >= 4 is 21.7 Å². The van der Waals surface area contributed by atoms with Gasteiger partial charge in [0.05, 0.1) is 19.3 Å². The zero-order valence-corrected chi connectivity index (χ0v) is 11.4. The molecule has 0 amide bonds. The number of ketones is 1. The third-order valence-corrected chi connectivity index (χ3v) is 2.85. The molecule has 1 aromatic rings. The fraction of sp³-hybridized carbons (Fsp3) is 0.462. The molecule has 0 bridgehead atoms. The van der Waals surface area contributed by atoms with E-state index in [1.165, 1.54) is 0 Å². The predicted molar refractivity (Wildman–Crippen MR) is 70.0 cm³/mol. The number of ether oxygens (including phenoxy) is 1. The Morgan fingerprint density at radius 3 is 2.65 bits per heavy atom. The Bertz CT molecular complexity index is 348. The molecule has 1 N–H and O–H groups in total. The lowest BCUT2D eigenvalue weighted by Gasteiger charge is -2.11. The summed E-state index contributed by atoms with van der Waals surface area (Å²) in [6.45, 7) is 2.12. The summed E-state index contributed by atoms with van der Waals surface area (Å²) in [4.78, 5) is 11.7. The van der Waals surface area contributed by atoms with Gasteiger partial charge in [0.25, 0.3) is 0 Å².